The van der Waals surface area contributed by atoms with Gasteiger partial charge in [-0.05, 0) is 52.0 Å². The molecule has 3 aromatic rings. The van der Waals surface area contributed by atoms with Gasteiger partial charge >= 0.3 is 0 Å². The SMILES string of the molecule is O=C(NCCCn1cc(Br)cn1)c1cccc(OCc2cccs2)c1. The zero-order chi connectivity index (χ0) is 17.5. The number of nitrogens with one attached hydrogen (secondary N) is 1. The van der Waals surface area contributed by atoms with Gasteiger partial charge in [-0.3, -0.25) is 9.48 Å². The highest BCUT2D eigenvalue weighted by Gasteiger charge is 2.07. The van der Waals surface area contributed by atoms with Crippen LogP contribution in [0, 0.1) is 0 Å². The lowest BCUT2D eigenvalue weighted by Crippen LogP contribution is -2.25. The minimum Gasteiger partial charge on any atom is -0.488 e. The molecule has 3 rings (SSSR count). The Labute approximate surface area is 158 Å². The number of amides is 1. The van der Waals surface area contributed by atoms with Gasteiger partial charge in [0.1, 0.15) is 12.4 Å². The number of hydrogen-bond donors (Lipinski definition) is 1. The van der Waals surface area contributed by atoms with E-state index in [0.717, 1.165) is 22.3 Å². The summed E-state index contributed by atoms with van der Waals surface area (Å²) in [5.41, 5.74) is 0.602. The first-order valence-electron chi connectivity index (χ1n) is 7.92. The van der Waals surface area contributed by atoms with E-state index in [9.17, 15) is 4.79 Å². The molecule has 0 unspecified atom stereocenters. The van der Waals surface area contributed by atoms with Crippen LogP contribution in [-0.2, 0) is 13.2 Å². The van der Waals surface area contributed by atoms with Gasteiger partial charge in [-0.2, -0.15) is 5.10 Å². The lowest BCUT2D eigenvalue weighted by atomic mass is 10.2. The van der Waals surface area contributed by atoms with Crippen molar-refractivity contribution in [3.8, 4) is 5.75 Å². The maximum atomic E-state index is 12.3. The first-order valence-corrected chi connectivity index (χ1v) is 9.59. The number of carbonyl (C=O) groups is 1. The third-order valence-corrected chi connectivity index (χ3v) is 4.77. The first-order chi connectivity index (χ1) is 12.2. The summed E-state index contributed by atoms with van der Waals surface area (Å²) < 4.78 is 8.54. The molecule has 130 valence electrons. The van der Waals surface area contributed by atoms with Crippen molar-refractivity contribution >= 4 is 33.2 Å². The molecule has 25 heavy (non-hydrogen) atoms. The smallest absolute Gasteiger partial charge is 0.251 e. The van der Waals surface area contributed by atoms with Gasteiger partial charge in [-0.15, -0.1) is 11.3 Å². The second-order valence-electron chi connectivity index (χ2n) is 5.43. The normalized spacial score (nSPS) is 10.6. The first kappa shape index (κ1) is 17.7. The molecule has 0 bridgehead atoms. The lowest BCUT2D eigenvalue weighted by Gasteiger charge is -2.08. The van der Waals surface area contributed by atoms with E-state index in [-0.39, 0.29) is 5.91 Å². The fourth-order valence-electron chi connectivity index (χ4n) is 2.28. The number of thiophene rings is 1. The van der Waals surface area contributed by atoms with Gasteiger partial charge < -0.3 is 10.1 Å². The van der Waals surface area contributed by atoms with Crippen molar-refractivity contribution in [1.82, 2.24) is 15.1 Å². The predicted octanol–water partition coefficient (Wildman–Crippen LogP) is 4.11. The van der Waals surface area contributed by atoms with Gasteiger partial charge in [0.05, 0.1) is 10.7 Å². The van der Waals surface area contributed by atoms with Crippen LogP contribution in [0.1, 0.15) is 21.7 Å². The van der Waals surface area contributed by atoms with Crippen molar-refractivity contribution in [3.05, 3.63) is 69.1 Å². The van der Waals surface area contributed by atoms with E-state index in [0.29, 0.717) is 24.5 Å². The number of aromatic nitrogens is 2. The molecule has 0 aliphatic heterocycles. The van der Waals surface area contributed by atoms with Gasteiger partial charge in [-0.25, -0.2) is 0 Å². The van der Waals surface area contributed by atoms with E-state index in [2.05, 4.69) is 26.3 Å². The summed E-state index contributed by atoms with van der Waals surface area (Å²) in [5, 5.41) is 9.13. The highest BCUT2D eigenvalue weighted by molar-refractivity contribution is 9.10. The van der Waals surface area contributed by atoms with Gasteiger partial charge in [-0.1, -0.05) is 12.1 Å². The van der Waals surface area contributed by atoms with Crippen LogP contribution >= 0.6 is 27.3 Å². The number of hydrogen-bond acceptors (Lipinski definition) is 4. The number of carbonyl (C=O) groups excluding carboxylic acids is 1. The topological polar surface area (TPSA) is 56.2 Å². The largest absolute Gasteiger partial charge is 0.488 e. The van der Waals surface area contributed by atoms with Crippen LogP contribution in [-0.4, -0.2) is 22.2 Å². The third-order valence-electron chi connectivity index (χ3n) is 3.51. The van der Waals surface area contributed by atoms with Crippen molar-refractivity contribution in [1.29, 1.82) is 0 Å². The molecule has 0 aliphatic carbocycles. The average molecular weight is 420 g/mol. The molecule has 0 spiro atoms. The van der Waals surface area contributed by atoms with Gasteiger partial charge in [0.15, 0.2) is 0 Å². The summed E-state index contributed by atoms with van der Waals surface area (Å²) in [4.78, 5) is 13.4. The van der Waals surface area contributed by atoms with Crippen LogP contribution in [0.15, 0.2) is 58.6 Å². The quantitative estimate of drug-likeness (QED) is 0.558. The minimum atomic E-state index is -0.0942. The average Bonchev–Trinajstić information content (AvgIpc) is 3.28. The number of ether oxygens (including phenoxy) is 1. The van der Waals surface area contributed by atoms with Crippen molar-refractivity contribution in [2.75, 3.05) is 6.54 Å². The highest BCUT2D eigenvalue weighted by Crippen LogP contribution is 2.17. The zero-order valence-electron chi connectivity index (χ0n) is 13.5. The summed E-state index contributed by atoms with van der Waals surface area (Å²) in [5.74, 6) is 0.602. The molecule has 0 saturated carbocycles. The van der Waals surface area contributed by atoms with Crippen LogP contribution < -0.4 is 10.1 Å². The molecular formula is C18H18BrN3O2S. The van der Waals surface area contributed by atoms with Crippen LogP contribution in [0.25, 0.3) is 0 Å². The maximum absolute atomic E-state index is 12.3. The molecule has 0 aliphatic rings. The van der Waals surface area contributed by atoms with Crippen molar-refractivity contribution in [2.45, 2.75) is 19.6 Å². The van der Waals surface area contributed by atoms with Crippen molar-refractivity contribution in [3.63, 3.8) is 0 Å². The van der Waals surface area contributed by atoms with Crippen LogP contribution in [0.3, 0.4) is 0 Å². The molecule has 1 amide bonds. The molecule has 1 N–H and O–H groups in total. The predicted molar refractivity (Wildman–Crippen MR) is 102 cm³/mol. The molecule has 1 aromatic carbocycles. The van der Waals surface area contributed by atoms with Gasteiger partial charge in [0.25, 0.3) is 5.91 Å². The lowest BCUT2D eigenvalue weighted by molar-refractivity contribution is 0.0952. The Morgan fingerprint density at radius 2 is 2.24 bits per heavy atom. The summed E-state index contributed by atoms with van der Waals surface area (Å²) in [6.45, 7) is 1.87. The van der Waals surface area contributed by atoms with Gasteiger partial charge in [0.2, 0.25) is 0 Å². The van der Waals surface area contributed by atoms with E-state index < -0.39 is 0 Å². The molecule has 5 nitrogen and oxygen atoms in total. The monoisotopic (exact) mass is 419 g/mol. The number of nitrogens with zero attached hydrogens (tertiary/aromatic N) is 2. The fourth-order valence-corrected chi connectivity index (χ4v) is 3.23. The Hall–Kier alpha value is -2.12. The number of aryl methyl sites for hydroxylation is 1. The van der Waals surface area contributed by atoms with Crippen LogP contribution in [0.2, 0.25) is 0 Å². The summed E-state index contributed by atoms with van der Waals surface area (Å²) in [6.07, 6.45) is 4.48. The standard InChI is InChI=1S/C18H18BrN3O2S/c19-15-11-21-22(12-15)8-3-7-20-18(23)14-4-1-5-16(10-14)24-13-17-6-2-9-25-17/h1-2,4-6,9-12H,3,7-8,13H2,(H,20,23). The van der Waals surface area contributed by atoms with Crippen LogP contribution in [0.4, 0.5) is 0 Å². The third kappa shape index (κ3) is 5.44. The molecule has 0 saturated heterocycles. The molecule has 0 fully saturated rings. The number of halogens is 1. The second-order valence-corrected chi connectivity index (χ2v) is 7.37. The van der Waals surface area contributed by atoms with Crippen LogP contribution in [0.5, 0.6) is 5.75 Å². The van der Waals surface area contributed by atoms with Gasteiger partial charge in [0, 0.05) is 29.7 Å². The Balaban J connectivity index is 1.45. The Morgan fingerprint density at radius 3 is 3.00 bits per heavy atom. The second kappa shape index (κ2) is 8.82. The Kier molecular flexibility index (Phi) is 6.25. The maximum Gasteiger partial charge on any atom is 0.251 e. The van der Waals surface area contributed by atoms with Crippen molar-refractivity contribution < 1.29 is 9.53 Å². The summed E-state index contributed by atoms with van der Waals surface area (Å²) in [6, 6.07) is 11.3. The number of rotatable bonds is 8. The molecule has 0 atom stereocenters. The molecule has 0 radical (unpaired) electrons. The zero-order valence-corrected chi connectivity index (χ0v) is 15.9. The molecule has 2 aromatic heterocycles. The summed E-state index contributed by atoms with van der Waals surface area (Å²) >= 11 is 5.01. The molecule has 2 heterocycles. The van der Waals surface area contributed by atoms with E-state index >= 15 is 0 Å². The van der Waals surface area contributed by atoms with E-state index in [1.165, 1.54) is 0 Å². The number of benzene rings is 1. The van der Waals surface area contributed by atoms with Crippen molar-refractivity contribution in [2.24, 2.45) is 0 Å². The highest BCUT2D eigenvalue weighted by atomic mass is 79.9. The fraction of sp³-hybridized carbons (Fsp3) is 0.222. The molecular weight excluding hydrogens is 402 g/mol. The van der Waals surface area contributed by atoms with E-state index in [1.807, 2.05) is 40.5 Å². The Morgan fingerprint density at radius 1 is 1.32 bits per heavy atom. The minimum absolute atomic E-state index is 0.0942. The summed E-state index contributed by atoms with van der Waals surface area (Å²) in [7, 11) is 0. The Bertz CT molecular complexity index is 817. The van der Waals surface area contributed by atoms with E-state index in [4.69, 9.17) is 4.74 Å². The molecule has 7 heteroatoms. The van der Waals surface area contributed by atoms with E-state index in [1.54, 1.807) is 29.7 Å².